The second kappa shape index (κ2) is 7.93. The average molecular weight is 511 g/mol. The molecule has 6 rings (SSSR count). The SMILES string of the molecule is Cc1ccc(C(=O)NC23CC(c4ccccc4)(C2)C3)c(NS(=O)(=O)c2ccc(S(C)(=O)=O)cc2)c1. The molecule has 3 saturated carbocycles. The van der Waals surface area contributed by atoms with Gasteiger partial charge < -0.3 is 5.32 Å². The van der Waals surface area contributed by atoms with Crippen LogP contribution in [0.1, 0.15) is 40.7 Å². The highest BCUT2D eigenvalue weighted by molar-refractivity contribution is 7.92. The van der Waals surface area contributed by atoms with E-state index >= 15 is 0 Å². The van der Waals surface area contributed by atoms with Crippen LogP contribution in [0.25, 0.3) is 0 Å². The molecule has 0 aliphatic heterocycles. The van der Waals surface area contributed by atoms with Crippen molar-refractivity contribution in [2.45, 2.75) is 46.9 Å². The van der Waals surface area contributed by atoms with Crippen molar-refractivity contribution in [2.24, 2.45) is 0 Å². The van der Waals surface area contributed by atoms with Crippen LogP contribution in [0.4, 0.5) is 5.69 Å². The first kappa shape index (κ1) is 23.6. The molecule has 182 valence electrons. The molecule has 0 spiro atoms. The predicted molar refractivity (Wildman–Crippen MR) is 134 cm³/mol. The largest absolute Gasteiger partial charge is 0.346 e. The molecule has 1 amide bonds. The number of sulfonamides is 1. The van der Waals surface area contributed by atoms with Crippen molar-refractivity contribution in [1.82, 2.24) is 5.32 Å². The van der Waals surface area contributed by atoms with Gasteiger partial charge in [-0.25, -0.2) is 16.8 Å². The second-order valence-electron chi connectivity index (χ2n) is 9.81. The van der Waals surface area contributed by atoms with Gasteiger partial charge in [-0.05, 0) is 73.7 Å². The van der Waals surface area contributed by atoms with Crippen molar-refractivity contribution in [2.75, 3.05) is 11.0 Å². The quantitative estimate of drug-likeness (QED) is 0.502. The Kier molecular flexibility index (Phi) is 5.34. The minimum absolute atomic E-state index is 0.0268. The van der Waals surface area contributed by atoms with E-state index in [1.165, 1.54) is 29.8 Å². The van der Waals surface area contributed by atoms with Gasteiger partial charge in [0, 0.05) is 17.2 Å². The van der Waals surface area contributed by atoms with Crippen LogP contribution < -0.4 is 10.0 Å². The van der Waals surface area contributed by atoms with E-state index in [4.69, 9.17) is 0 Å². The first-order valence-electron chi connectivity index (χ1n) is 11.2. The third-order valence-corrected chi connectivity index (χ3v) is 9.53. The summed E-state index contributed by atoms with van der Waals surface area (Å²) in [4.78, 5) is 13.1. The summed E-state index contributed by atoms with van der Waals surface area (Å²) in [6.45, 7) is 1.81. The molecule has 0 radical (unpaired) electrons. The van der Waals surface area contributed by atoms with Crippen molar-refractivity contribution in [3.63, 3.8) is 0 Å². The van der Waals surface area contributed by atoms with Gasteiger partial charge in [-0.15, -0.1) is 0 Å². The Morgan fingerprint density at radius 2 is 1.43 bits per heavy atom. The number of rotatable bonds is 7. The highest BCUT2D eigenvalue weighted by Crippen LogP contribution is 2.67. The number of nitrogens with one attached hydrogen (secondary N) is 2. The molecule has 0 saturated heterocycles. The lowest BCUT2D eigenvalue weighted by atomic mass is 9.37. The van der Waals surface area contributed by atoms with E-state index in [1.54, 1.807) is 18.2 Å². The predicted octanol–water partition coefficient (Wildman–Crippen LogP) is 3.80. The smallest absolute Gasteiger partial charge is 0.261 e. The minimum Gasteiger partial charge on any atom is -0.346 e. The number of carbonyl (C=O) groups excluding carboxylic acids is 1. The van der Waals surface area contributed by atoms with Crippen LogP contribution in [-0.4, -0.2) is 34.5 Å². The van der Waals surface area contributed by atoms with Gasteiger partial charge in [0.2, 0.25) is 0 Å². The topological polar surface area (TPSA) is 109 Å². The Morgan fingerprint density at radius 3 is 2.03 bits per heavy atom. The van der Waals surface area contributed by atoms with E-state index in [0.29, 0.717) is 0 Å². The van der Waals surface area contributed by atoms with Crippen molar-refractivity contribution < 1.29 is 21.6 Å². The van der Waals surface area contributed by atoms with Crippen LogP contribution in [0.3, 0.4) is 0 Å². The Morgan fingerprint density at radius 1 is 0.829 bits per heavy atom. The van der Waals surface area contributed by atoms with Crippen molar-refractivity contribution in [3.8, 4) is 0 Å². The summed E-state index contributed by atoms with van der Waals surface area (Å²) in [6, 6.07) is 20.3. The molecule has 0 aromatic heterocycles. The van der Waals surface area contributed by atoms with Crippen molar-refractivity contribution >= 4 is 31.5 Å². The van der Waals surface area contributed by atoms with Gasteiger partial charge >= 0.3 is 0 Å². The Labute approximate surface area is 205 Å². The van der Waals surface area contributed by atoms with Crippen LogP contribution in [0.15, 0.2) is 82.6 Å². The molecule has 3 aliphatic carbocycles. The molecule has 3 aromatic rings. The van der Waals surface area contributed by atoms with Crippen LogP contribution in [0.5, 0.6) is 0 Å². The Bertz CT molecular complexity index is 1510. The molecule has 0 unspecified atom stereocenters. The van der Waals surface area contributed by atoms with Gasteiger partial charge in [-0.1, -0.05) is 36.4 Å². The van der Waals surface area contributed by atoms with Gasteiger partial charge in [0.1, 0.15) is 0 Å². The third-order valence-electron chi connectivity index (χ3n) is 7.02. The van der Waals surface area contributed by atoms with Gasteiger partial charge in [-0.2, -0.15) is 0 Å². The number of hydrogen-bond acceptors (Lipinski definition) is 5. The number of carbonyl (C=O) groups is 1. The molecule has 7 nitrogen and oxygen atoms in total. The van der Waals surface area contributed by atoms with Gasteiger partial charge in [-0.3, -0.25) is 9.52 Å². The summed E-state index contributed by atoms with van der Waals surface area (Å²) in [5.74, 6) is -0.323. The monoisotopic (exact) mass is 510 g/mol. The first-order valence-corrected chi connectivity index (χ1v) is 14.6. The van der Waals surface area contributed by atoms with E-state index < -0.39 is 19.9 Å². The lowest BCUT2D eigenvalue weighted by Crippen LogP contribution is -2.76. The zero-order valence-electron chi connectivity index (χ0n) is 19.4. The van der Waals surface area contributed by atoms with Crippen molar-refractivity contribution in [3.05, 3.63) is 89.5 Å². The first-order chi connectivity index (χ1) is 16.4. The number of hydrogen-bond donors (Lipinski definition) is 2. The summed E-state index contributed by atoms with van der Waals surface area (Å²) in [6.07, 6.45) is 3.67. The van der Waals surface area contributed by atoms with Crippen LogP contribution in [0, 0.1) is 6.92 Å². The summed E-state index contributed by atoms with van der Waals surface area (Å²) in [5.41, 5.74) is 2.38. The fraction of sp³-hybridized carbons (Fsp3) is 0.269. The normalized spacial score (nSPS) is 23.0. The third kappa shape index (κ3) is 4.23. The minimum atomic E-state index is -4.04. The van der Waals surface area contributed by atoms with E-state index in [2.05, 4.69) is 22.2 Å². The van der Waals surface area contributed by atoms with E-state index in [0.717, 1.165) is 31.1 Å². The fourth-order valence-electron chi connectivity index (χ4n) is 5.34. The summed E-state index contributed by atoms with van der Waals surface area (Å²) >= 11 is 0. The Balaban J connectivity index is 1.34. The maximum absolute atomic E-state index is 13.2. The van der Waals surface area contributed by atoms with E-state index in [9.17, 15) is 21.6 Å². The second-order valence-corrected chi connectivity index (χ2v) is 13.5. The molecule has 0 atom stereocenters. The molecule has 35 heavy (non-hydrogen) atoms. The molecular formula is C26H26N2O5S2. The van der Waals surface area contributed by atoms with Crippen LogP contribution in [-0.2, 0) is 25.3 Å². The number of sulfone groups is 1. The zero-order chi connectivity index (χ0) is 25.1. The maximum atomic E-state index is 13.2. The number of aryl methyl sites for hydroxylation is 1. The molecule has 2 N–H and O–H groups in total. The van der Waals surface area contributed by atoms with Crippen molar-refractivity contribution in [1.29, 1.82) is 0 Å². The highest BCUT2D eigenvalue weighted by atomic mass is 32.2. The summed E-state index contributed by atoms with van der Waals surface area (Å²) in [5, 5.41) is 3.14. The van der Waals surface area contributed by atoms with Crippen LogP contribution >= 0.6 is 0 Å². The Hall–Kier alpha value is -3.17. The van der Waals surface area contributed by atoms with Gasteiger partial charge in [0.25, 0.3) is 15.9 Å². The molecular weight excluding hydrogens is 484 g/mol. The van der Waals surface area contributed by atoms with Crippen LogP contribution in [0.2, 0.25) is 0 Å². The fourth-order valence-corrected chi connectivity index (χ4v) is 7.04. The molecule has 2 bridgehead atoms. The number of benzene rings is 3. The van der Waals surface area contributed by atoms with Gasteiger partial charge in [0.15, 0.2) is 9.84 Å². The molecule has 3 aromatic carbocycles. The molecule has 9 heteroatoms. The number of amides is 1. The summed E-state index contributed by atoms with van der Waals surface area (Å²) in [7, 11) is -7.49. The molecule has 3 aliphatic rings. The number of anilines is 1. The van der Waals surface area contributed by atoms with Gasteiger partial charge in [0.05, 0.1) is 21.0 Å². The lowest BCUT2D eigenvalue weighted by Gasteiger charge is -2.71. The van der Waals surface area contributed by atoms with E-state index in [1.807, 2.05) is 25.1 Å². The molecule has 3 fully saturated rings. The molecule has 0 heterocycles. The lowest BCUT2D eigenvalue weighted by molar-refractivity contribution is -0.0807. The highest BCUT2D eigenvalue weighted by Gasteiger charge is 2.68. The average Bonchev–Trinajstić information content (AvgIpc) is 2.75. The van der Waals surface area contributed by atoms with E-state index in [-0.39, 0.29) is 37.9 Å². The standard InChI is InChI=1S/C26H26N2O5S2/c1-18-8-13-22(24(29)27-26-15-25(16-26,17-26)19-6-4-3-5-7-19)23(14-18)28-35(32,33)21-11-9-20(10-12-21)34(2,30)31/h3-14,28H,15-17H2,1-2H3,(H,27,29). The maximum Gasteiger partial charge on any atom is 0.261 e. The zero-order valence-corrected chi connectivity index (χ0v) is 21.0. The summed E-state index contributed by atoms with van der Waals surface area (Å²) < 4.78 is 51.9.